The maximum atomic E-state index is 12.3. The van der Waals surface area contributed by atoms with Crippen LogP contribution in [-0.2, 0) is 23.7 Å². The zero-order valence-electron chi connectivity index (χ0n) is 34.0. The lowest BCUT2D eigenvalue weighted by Crippen LogP contribution is -2.67. The van der Waals surface area contributed by atoms with Gasteiger partial charge in [-0.25, -0.2) is 0 Å². The molecule has 7 fully saturated rings. The number of hydrogen-bond acceptors (Lipinski definition) is 14. The smallest absolute Gasteiger partial charge is 0.187 e. The minimum atomic E-state index is -1.64. The van der Waals surface area contributed by atoms with Crippen LogP contribution < -0.4 is 0 Å². The second kappa shape index (κ2) is 14.3. The van der Waals surface area contributed by atoms with Crippen LogP contribution in [0.15, 0.2) is 0 Å². The molecule has 0 spiro atoms. The minimum Gasteiger partial charge on any atom is -0.394 e. The summed E-state index contributed by atoms with van der Waals surface area (Å²) in [5.74, 6) is 0.420. The molecule has 0 radical (unpaired) electrons. The molecule has 9 N–H and O–H groups in total. The second-order valence-electron chi connectivity index (χ2n) is 20.8. The van der Waals surface area contributed by atoms with Gasteiger partial charge in [0.2, 0.25) is 0 Å². The molecule has 0 amide bonds. The lowest BCUT2D eigenvalue weighted by atomic mass is 9.35. The molecule has 3 heterocycles. The average molecular weight is 787 g/mol. The lowest BCUT2D eigenvalue weighted by Gasteiger charge is -2.70. The summed E-state index contributed by atoms with van der Waals surface area (Å²) in [5, 5.41) is 97.0. The lowest BCUT2D eigenvalue weighted by molar-refractivity contribution is -0.370. The summed E-state index contributed by atoms with van der Waals surface area (Å²) in [5.41, 5.74) is -2.69. The Morgan fingerprint density at radius 2 is 1.38 bits per heavy atom. The highest BCUT2D eigenvalue weighted by Crippen LogP contribution is 2.76. The molecule has 14 nitrogen and oxygen atoms in total. The Morgan fingerprint density at radius 3 is 2.02 bits per heavy atom. The van der Waals surface area contributed by atoms with Gasteiger partial charge in [-0.05, 0) is 111 Å². The first kappa shape index (κ1) is 42.6. The largest absolute Gasteiger partial charge is 0.394 e. The fourth-order valence-corrected chi connectivity index (χ4v) is 14.0. The van der Waals surface area contributed by atoms with Crippen molar-refractivity contribution in [3.05, 3.63) is 0 Å². The van der Waals surface area contributed by atoms with Crippen LogP contribution >= 0.6 is 0 Å². The number of fused-ring (bicyclic) bond motifs is 5. The van der Waals surface area contributed by atoms with Gasteiger partial charge in [0.1, 0.15) is 48.8 Å². The quantitative estimate of drug-likeness (QED) is 0.164. The highest BCUT2D eigenvalue weighted by molar-refractivity contribution is 5.21. The van der Waals surface area contributed by atoms with Crippen molar-refractivity contribution >= 4 is 0 Å². The maximum Gasteiger partial charge on any atom is 0.187 e. The van der Waals surface area contributed by atoms with Gasteiger partial charge in [0.15, 0.2) is 12.6 Å². The first-order chi connectivity index (χ1) is 25.4. The standard InChI is InChI=1S/C41H70O14/c1-36(2)24-10-14-39(6)25(15-20(43)27-19(9-13-40(27,39)7)41(8)16-21(44)33(55-41)37(3,4)50)38(24,5)12-11-26(36)53-35-32(30(48)29(47)23(17-42)52-35)54-34-31(49)28(46)22(45)18-51-34/h19-35,42-50H,9-18H2,1-8H3/t19-,20+,21-,22+,23+,24?,25+,26-,27?,28-,29+,30-,31+,32+,33-,34-,35-,38-,39+,40+,41-/m0/s1. The van der Waals surface area contributed by atoms with E-state index in [9.17, 15) is 46.0 Å². The SMILES string of the molecule is CC(C)(O)[C@H]1O[C@](C)([C@H]2CC[C@]3(C)C2[C@H](O)C[C@@H]2[C@@]4(C)CC[C@H](O[C@@H]5O[C@H](CO)[C@@H](O)[C@H](O)[C@H]5O[C@@H]5OC[C@@H](O)[C@H](O)[C@H]5O)C(C)(C)C4CC[C@]23C)C[C@@H]1O. The van der Waals surface area contributed by atoms with Crippen LogP contribution in [0.4, 0.5) is 0 Å². The average Bonchev–Trinajstić information content (AvgIpc) is 3.65. The molecular weight excluding hydrogens is 716 g/mol. The van der Waals surface area contributed by atoms with Crippen LogP contribution in [0.5, 0.6) is 0 Å². The van der Waals surface area contributed by atoms with E-state index in [1.165, 1.54) is 0 Å². The van der Waals surface area contributed by atoms with Gasteiger partial charge >= 0.3 is 0 Å². The Kier molecular flexibility index (Phi) is 11.1. The fraction of sp³-hybridized carbons (Fsp3) is 1.00. The van der Waals surface area contributed by atoms with E-state index < -0.39 is 96.8 Å². The van der Waals surface area contributed by atoms with Crippen LogP contribution in [0.3, 0.4) is 0 Å². The number of rotatable bonds is 7. The van der Waals surface area contributed by atoms with Gasteiger partial charge in [0.25, 0.3) is 0 Å². The van der Waals surface area contributed by atoms with E-state index in [1.807, 2.05) is 0 Å². The van der Waals surface area contributed by atoms with Crippen LogP contribution in [0.25, 0.3) is 0 Å². The summed E-state index contributed by atoms with van der Waals surface area (Å²) in [6.07, 6.45) is -9.05. The molecule has 7 aliphatic rings. The van der Waals surface area contributed by atoms with Gasteiger partial charge in [-0.3, -0.25) is 0 Å². The number of hydrogen-bond donors (Lipinski definition) is 9. The molecule has 21 atom stereocenters. The van der Waals surface area contributed by atoms with Crippen LogP contribution in [0, 0.1) is 45.3 Å². The second-order valence-corrected chi connectivity index (χ2v) is 20.8. The van der Waals surface area contributed by atoms with E-state index in [0.29, 0.717) is 19.3 Å². The topological polar surface area (TPSA) is 228 Å². The van der Waals surface area contributed by atoms with E-state index in [4.69, 9.17) is 23.7 Å². The maximum absolute atomic E-state index is 12.3. The van der Waals surface area contributed by atoms with Gasteiger partial charge in [-0.1, -0.05) is 34.6 Å². The molecular formula is C41H70O14. The molecule has 0 aromatic rings. The van der Waals surface area contributed by atoms with Gasteiger partial charge in [-0.2, -0.15) is 0 Å². The van der Waals surface area contributed by atoms with Crippen molar-refractivity contribution in [1.29, 1.82) is 0 Å². The van der Waals surface area contributed by atoms with Crippen molar-refractivity contribution in [2.45, 2.75) is 198 Å². The molecule has 4 aliphatic carbocycles. The summed E-state index contributed by atoms with van der Waals surface area (Å²) in [6.45, 7) is 16.1. The molecule has 0 bridgehead atoms. The van der Waals surface area contributed by atoms with Crippen molar-refractivity contribution in [2.24, 2.45) is 45.3 Å². The van der Waals surface area contributed by atoms with Crippen molar-refractivity contribution in [1.82, 2.24) is 0 Å². The Bertz CT molecular complexity index is 1390. The third-order valence-corrected chi connectivity index (χ3v) is 17.0. The molecule has 7 rings (SSSR count). The van der Waals surface area contributed by atoms with Crippen molar-refractivity contribution in [2.75, 3.05) is 13.2 Å². The highest BCUT2D eigenvalue weighted by Gasteiger charge is 2.72. The molecule has 318 valence electrons. The molecule has 2 unspecified atom stereocenters. The summed E-state index contributed by atoms with van der Waals surface area (Å²) in [6, 6.07) is 0. The van der Waals surface area contributed by atoms with Gasteiger partial charge < -0.3 is 69.6 Å². The van der Waals surface area contributed by atoms with Gasteiger partial charge in [-0.15, -0.1) is 0 Å². The Balaban J connectivity index is 1.11. The van der Waals surface area contributed by atoms with E-state index in [-0.39, 0.29) is 52.6 Å². The monoisotopic (exact) mass is 786 g/mol. The third-order valence-electron chi connectivity index (χ3n) is 17.0. The Morgan fingerprint density at radius 1 is 0.709 bits per heavy atom. The number of aliphatic hydroxyl groups is 9. The molecule has 3 aliphatic heterocycles. The van der Waals surface area contributed by atoms with Crippen molar-refractivity contribution in [3.63, 3.8) is 0 Å². The molecule has 3 saturated heterocycles. The summed E-state index contributed by atoms with van der Waals surface area (Å²) in [7, 11) is 0. The fourth-order valence-electron chi connectivity index (χ4n) is 14.0. The number of aliphatic hydroxyl groups excluding tert-OH is 8. The van der Waals surface area contributed by atoms with Gasteiger partial charge in [0.05, 0.1) is 42.7 Å². The predicted octanol–water partition coefficient (Wildman–Crippen LogP) is 0.970. The Hall–Kier alpha value is -0.560. The molecule has 0 aromatic heterocycles. The first-order valence-corrected chi connectivity index (χ1v) is 20.8. The van der Waals surface area contributed by atoms with Crippen molar-refractivity contribution in [3.8, 4) is 0 Å². The molecule has 0 aromatic carbocycles. The third kappa shape index (κ3) is 6.50. The van der Waals surface area contributed by atoms with E-state index >= 15 is 0 Å². The molecule has 14 heteroatoms. The number of ether oxygens (including phenoxy) is 5. The van der Waals surface area contributed by atoms with Crippen LogP contribution in [0.2, 0.25) is 0 Å². The van der Waals surface area contributed by atoms with E-state index in [1.54, 1.807) is 13.8 Å². The van der Waals surface area contributed by atoms with Crippen LogP contribution in [0.1, 0.15) is 107 Å². The summed E-state index contributed by atoms with van der Waals surface area (Å²) >= 11 is 0. The molecule has 55 heavy (non-hydrogen) atoms. The highest BCUT2D eigenvalue weighted by atomic mass is 16.8. The zero-order valence-corrected chi connectivity index (χ0v) is 34.0. The summed E-state index contributed by atoms with van der Waals surface area (Å²) < 4.78 is 30.8. The van der Waals surface area contributed by atoms with Crippen LogP contribution in [-0.4, -0.2) is 150 Å². The minimum absolute atomic E-state index is 0.0167. The van der Waals surface area contributed by atoms with E-state index in [2.05, 4.69) is 41.5 Å². The van der Waals surface area contributed by atoms with E-state index in [0.717, 1.165) is 32.1 Å². The zero-order chi connectivity index (χ0) is 40.4. The van der Waals surface area contributed by atoms with Crippen molar-refractivity contribution < 1.29 is 69.6 Å². The molecule has 4 saturated carbocycles. The summed E-state index contributed by atoms with van der Waals surface area (Å²) in [4.78, 5) is 0. The first-order valence-electron chi connectivity index (χ1n) is 20.8. The van der Waals surface area contributed by atoms with Gasteiger partial charge in [0, 0.05) is 6.42 Å². The Labute approximate surface area is 325 Å². The predicted molar refractivity (Wildman–Crippen MR) is 196 cm³/mol. The normalized spacial score (nSPS) is 56.8.